The number of fused-ring (bicyclic) bond motifs is 1. The van der Waals surface area contributed by atoms with Crippen LogP contribution in [0.25, 0.3) is 10.2 Å². The molecule has 0 aliphatic rings. The molecule has 1 N–H and O–H groups in total. The minimum absolute atomic E-state index is 0.00989. The summed E-state index contributed by atoms with van der Waals surface area (Å²) in [7, 11) is 1.66. The van der Waals surface area contributed by atoms with Gasteiger partial charge in [0.25, 0.3) is 5.91 Å². The number of carbonyl (C=O) groups is 1. The van der Waals surface area contributed by atoms with Crippen LogP contribution in [0.4, 0.5) is 5.13 Å². The van der Waals surface area contributed by atoms with E-state index in [9.17, 15) is 4.79 Å². The van der Waals surface area contributed by atoms with Crippen molar-refractivity contribution in [3.05, 3.63) is 53.6 Å². The summed E-state index contributed by atoms with van der Waals surface area (Å²) in [4.78, 5) is 21.5. The van der Waals surface area contributed by atoms with Crippen LogP contribution in [-0.4, -0.2) is 44.2 Å². The van der Waals surface area contributed by atoms with Crippen LogP contribution in [0.3, 0.4) is 0 Å². The number of ether oxygens (including phenoxy) is 1. The molecule has 5 nitrogen and oxygen atoms in total. The molecular weight excluding hydrogens is 370 g/mol. The summed E-state index contributed by atoms with van der Waals surface area (Å²) >= 11 is 1.54. The van der Waals surface area contributed by atoms with Gasteiger partial charge in [-0.2, -0.15) is 0 Å². The number of aryl methyl sites for hydroxylation is 1. The molecule has 0 unspecified atom stereocenters. The second-order valence-electron chi connectivity index (χ2n) is 6.81. The molecule has 0 spiro atoms. The van der Waals surface area contributed by atoms with Gasteiger partial charge in [0.1, 0.15) is 5.75 Å². The van der Waals surface area contributed by atoms with Gasteiger partial charge < -0.3 is 9.64 Å². The van der Waals surface area contributed by atoms with Gasteiger partial charge in [-0.25, -0.2) is 4.98 Å². The molecule has 3 rings (SSSR count). The first kappa shape index (κ1) is 20.3. The van der Waals surface area contributed by atoms with Crippen molar-refractivity contribution in [2.24, 2.45) is 0 Å². The third kappa shape index (κ3) is 4.34. The number of benzene rings is 2. The van der Waals surface area contributed by atoms with Crippen molar-refractivity contribution < 1.29 is 14.4 Å². The molecule has 1 amide bonds. The molecule has 1 aromatic heterocycles. The first-order chi connectivity index (χ1) is 13.6. The quantitative estimate of drug-likeness (QED) is 0.634. The second-order valence-corrected chi connectivity index (χ2v) is 7.82. The highest BCUT2D eigenvalue weighted by Crippen LogP contribution is 2.32. The molecule has 0 fully saturated rings. The summed E-state index contributed by atoms with van der Waals surface area (Å²) in [5.74, 6) is 0.808. The minimum atomic E-state index is 0.00989. The van der Waals surface area contributed by atoms with Gasteiger partial charge in [-0.15, -0.1) is 0 Å². The van der Waals surface area contributed by atoms with Gasteiger partial charge in [-0.05, 0) is 50.6 Å². The number of hydrogen-bond donors (Lipinski definition) is 1. The summed E-state index contributed by atoms with van der Waals surface area (Å²) in [5, 5.41) is 0.739. The maximum Gasteiger partial charge on any atom is 0.260 e. The Bertz CT molecular complexity index is 950. The fraction of sp³-hybridized carbons (Fsp3) is 0.364. The van der Waals surface area contributed by atoms with Crippen molar-refractivity contribution in [1.82, 2.24) is 4.98 Å². The minimum Gasteiger partial charge on any atom is -0.497 e. The van der Waals surface area contributed by atoms with Crippen LogP contribution in [-0.2, 0) is 0 Å². The zero-order valence-corrected chi connectivity index (χ0v) is 17.8. The molecule has 0 bridgehead atoms. The number of quaternary nitrogens is 1. The van der Waals surface area contributed by atoms with Gasteiger partial charge in [0.05, 0.1) is 43.5 Å². The molecule has 2 aromatic carbocycles. The number of nitrogens with zero attached hydrogens (tertiary/aromatic N) is 2. The van der Waals surface area contributed by atoms with Gasteiger partial charge in [-0.1, -0.05) is 29.5 Å². The highest BCUT2D eigenvalue weighted by molar-refractivity contribution is 7.22. The number of rotatable bonds is 8. The molecule has 6 heteroatoms. The van der Waals surface area contributed by atoms with E-state index < -0.39 is 0 Å². The van der Waals surface area contributed by atoms with Crippen LogP contribution in [0.15, 0.2) is 42.5 Å². The van der Waals surface area contributed by atoms with Crippen molar-refractivity contribution in [1.29, 1.82) is 0 Å². The maximum atomic E-state index is 13.4. The highest BCUT2D eigenvalue weighted by Gasteiger charge is 2.23. The van der Waals surface area contributed by atoms with E-state index in [-0.39, 0.29) is 5.91 Å². The molecule has 0 radical (unpaired) electrons. The third-order valence-electron chi connectivity index (χ3n) is 5.12. The molecule has 0 aliphatic heterocycles. The normalized spacial score (nSPS) is 11.2. The van der Waals surface area contributed by atoms with Crippen LogP contribution in [0.1, 0.15) is 29.8 Å². The average molecular weight is 399 g/mol. The predicted molar refractivity (Wildman–Crippen MR) is 116 cm³/mol. The standard InChI is InChI=1S/C22H27N3O2S/c1-5-24(6-2)13-14-25(21(26)18-10-8-7-9-16(18)3)22-23-19-12-11-17(27-4)15-20(19)28-22/h7-12,15H,5-6,13-14H2,1-4H3/p+1. The number of amides is 1. The first-order valence-electron chi connectivity index (χ1n) is 9.73. The van der Waals surface area contributed by atoms with E-state index in [0.29, 0.717) is 6.54 Å². The molecular formula is C22H28N3O2S+. The van der Waals surface area contributed by atoms with Gasteiger partial charge in [0, 0.05) is 5.56 Å². The molecule has 1 heterocycles. The number of hydrogen-bond acceptors (Lipinski definition) is 4. The van der Waals surface area contributed by atoms with Crippen LogP contribution >= 0.6 is 11.3 Å². The molecule has 0 atom stereocenters. The topological polar surface area (TPSA) is 46.9 Å². The Morgan fingerprint density at radius 3 is 2.61 bits per heavy atom. The molecule has 3 aromatic rings. The SMILES string of the molecule is CC[NH+](CC)CCN(C(=O)c1ccccc1C)c1nc2ccc(OC)cc2s1. The van der Waals surface area contributed by atoms with E-state index in [1.807, 2.05) is 54.3 Å². The monoisotopic (exact) mass is 398 g/mol. The average Bonchev–Trinajstić information content (AvgIpc) is 3.14. The summed E-state index contributed by atoms with van der Waals surface area (Å²) in [6, 6.07) is 13.6. The van der Waals surface area contributed by atoms with Crippen molar-refractivity contribution in [2.75, 3.05) is 38.2 Å². The fourth-order valence-corrected chi connectivity index (χ4v) is 4.27. The van der Waals surface area contributed by atoms with Crippen molar-refractivity contribution in [3.8, 4) is 5.75 Å². The predicted octanol–water partition coefficient (Wildman–Crippen LogP) is 3.18. The number of anilines is 1. The van der Waals surface area contributed by atoms with E-state index in [4.69, 9.17) is 9.72 Å². The van der Waals surface area contributed by atoms with E-state index in [1.165, 1.54) is 16.2 Å². The lowest BCUT2D eigenvalue weighted by Gasteiger charge is -2.23. The lowest BCUT2D eigenvalue weighted by molar-refractivity contribution is -0.894. The number of aromatic nitrogens is 1. The number of carbonyl (C=O) groups excluding carboxylic acids is 1. The van der Waals surface area contributed by atoms with Crippen molar-refractivity contribution in [2.45, 2.75) is 20.8 Å². The van der Waals surface area contributed by atoms with Crippen molar-refractivity contribution in [3.63, 3.8) is 0 Å². The Balaban J connectivity index is 1.97. The smallest absolute Gasteiger partial charge is 0.260 e. The maximum absolute atomic E-state index is 13.4. The first-order valence-corrected chi connectivity index (χ1v) is 10.5. The van der Waals surface area contributed by atoms with Crippen LogP contribution < -0.4 is 14.5 Å². The number of thiazole rings is 1. The van der Waals surface area contributed by atoms with Gasteiger partial charge in [0.15, 0.2) is 5.13 Å². The summed E-state index contributed by atoms with van der Waals surface area (Å²) < 4.78 is 6.35. The molecule has 0 aliphatic carbocycles. The summed E-state index contributed by atoms with van der Waals surface area (Å²) in [6.45, 7) is 9.95. The van der Waals surface area contributed by atoms with E-state index in [2.05, 4.69) is 13.8 Å². The lowest BCUT2D eigenvalue weighted by atomic mass is 10.1. The second kappa shape index (κ2) is 9.17. The fourth-order valence-electron chi connectivity index (χ4n) is 3.25. The summed E-state index contributed by atoms with van der Waals surface area (Å²) in [5.41, 5.74) is 2.60. The van der Waals surface area contributed by atoms with Gasteiger partial charge in [-0.3, -0.25) is 9.69 Å². The van der Waals surface area contributed by atoms with Crippen LogP contribution in [0.2, 0.25) is 0 Å². The zero-order valence-electron chi connectivity index (χ0n) is 17.0. The Labute approximate surface area is 170 Å². The third-order valence-corrected chi connectivity index (χ3v) is 6.17. The van der Waals surface area contributed by atoms with Crippen LogP contribution in [0.5, 0.6) is 5.75 Å². The van der Waals surface area contributed by atoms with E-state index >= 15 is 0 Å². The molecule has 148 valence electrons. The Morgan fingerprint density at radius 2 is 1.93 bits per heavy atom. The molecule has 0 saturated carbocycles. The Kier molecular flexibility index (Phi) is 6.65. The van der Waals surface area contributed by atoms with E-state index in [1.54, 1.807) is 7.11 Å². The van der Waals surface area contributed by atoms with E-state index in [0.717, 1.165) is 51.9 Å². The molecule has 28 heavy (non-hydrogen) atoms. The summed E-state index contributed by atoms with van der Waals surface area (Å²) in [6.07, 6.45) is 0. The number of methoxy groups -OCH3 is 1. The largest absolute Gasteiger partial charge is 0.497 e. The lowest BCUT2D eigenvalue weighted by Crippen LogP contribution is -3.12. The highest BCUT2D eigenvalue weighted by atomic mass is 32.1. The van der Waals surface area contributed by atoms with Crippen molar-refractivity contribution >= 4 is 32.6 Å². The zero-order chi connectivity index (χ0) is 20.1. The Hall–Kier alpha value is -2.44. The number of nitrogens with one attached hydrogen (secondary N) is 1. The number of likely N-dealkylation sites (N-methyl/N-ethyl adjacent to an activating group) is 1. The molecule has 0 saturated heterocycles. The van der Waals surface area contributed by atoms with Crippen LogP contribution in [0, 0.1) is 6.92 Å². The van der Waals surface area contributed by atoms with Gasteiger partial charge >= 0.3 is 0 Å². The van der Waals surface area contributed by atoms with Gasteiger partial charge in [0.2, 0.25) is 0 Å². The Morgan fingerprint density at radius 1 is 1.18 bits per heavy atom.